The third-order valence-corrected chi connectivity index (χ3v) is 7.78. The third-order valence-electron chi connectivity index (χ3n) is 7.37. The zero-order valence-electron chi connectivity index (χ0n) is 17.4. The number of hydrogen-bond donors (Lipinski definition) is 1. The predicted octanol–water partition coefficient (Wildman–Crippen LogP) is 4.23. The fraction of sp³-hybridized carbons (Fsp3) is 0.400. The molecule has 0 aromatic heterocycles. The molecule has 5 nitrogen and oxygen atoms in total. The maximum absolute atomic E-state index is 13.5. The molecule has 3 amide bonds. The SMILES string of the molecule is Cc1c(Cl)cccc1NC(=O)[C@H](Cc1ccccc1)N1C(=O)[C@H]2[C@H]3CC[C@@H](C3)[C@@H]2C1=O. The molecule has 6 heteroatoms. The first-order chi connectivity index (χ1) is 15.0. The van der Waals surface area contributed by atoms with Crippen LogP contribution in [-0.2, 0) is 20.8 Å². The summed E-state index contributed by atoms with van der Waals surface area (Å²) in [6.45, 7) is 1.83. The van der Waals surface area contributed by atoms with Gasteiger partial charge in [-0.05, 0) is 61.3 Å². The largest absolute Gasteiger partial charge is 0.324 e. The van der Waals surface area contributed by atoms with Gasteiger partial charge in [0, 0.05) is 17.1 Å². The smallest absolute Gasteiger partial charge is 0.248 e. The Morgan fingerprint density at radius 1 is 1.03 bits per heavy atom. The Hall–Kier alpha value is -2.66. The van der Waals surface area contributed by atoms with E-state index in [9.17, 15) is 14.4 Å². The molecule has 1 heterocycles. The van der Waals surface area contributed by atoms with Gasteiger partial charge in [-0.15, -0.1) is 0 Å². The molecule has 3 fully saturated rings. The van der Waals surface area contributed by atoms with Gasteiger partial charge in [0.1, 0.15) is 6.04 Å². The van der Waals surface area contributed by atoms with Crippen LogP contribution in [0.1, 0.15) is 30.4 Å². The maximum atomic E-state index is 13.5. The first kappa shape index (κ1) is 20.3. The maximum Gasteiger partial charge on any atom is 0.248 e. The third kappa shape index (κ3) is 3.35. The van der Waals surface area contributed by atoms with Gasteiger partial charge >= 0.3 is 0 Å². The number of halogens is 1. The Bertz CT molecular complexity index is 1030. The number of amides is 3. The van der Waals surface area contributed by atoms with Gasteiger partial charge in [-0.1, -0.05) is 48.0 Å². The van der Waals surface area contributed by atoms with Crippen molar-refractivity contribution in [1.29, 1.82) is 0 Å². The van der Waals surface area contributed by atoms with Crippen molar-refractivity contribution in [3.05, 3.63) is 64.7 Å². The van der Waals surface area contributed by atoms with E-state index >= 15 is 0 Å². The minimum Gasteiger partial charge on any atom is -0.324 e. The molecule has 2 aromatic rings. The van der Waals surface area contributed by atoms with E-state index in [-0.39, 0.29) is 41.4 Å². The van der Waals surface area contributed by atoms with Gasteiger partial charge in [0.2, 0.25) is 17.7 Å². The molecular weight excluding hydrogens is 412 g/mol. The summed E-state index contributed by atoms with van der Waals surface area (Å²) >= 11 is 6.21. The quantitative estimate of drug-likeness (QED) is 0.713. The van der Waals surface area contributed by atoms with Gasteiger partial charge in [-0.3, -0.25) is 19.3 Å². The first-order valence-corrected chi connectivity index (χ1v) is 11.3. The molecule has 160 valence electrons. The molecule has 5 atom stereocenters. The van der Waals surface area contributed by atoms with Gasteiger partial charge in [0.15, 0.2) is 0 Å². The number of nitrogens with zero attached hydrogens (tertiary/aromatic N) is 1. The van der Waals surface area contributed by atoms with Crippen molar-refractivity contribution in [2.75, 3.05) is 5.32 Å². The highest BCUT2D eigenvalue weighted by atomic mass is 35.5. The number of hydrogen-bond acceptors (Lipinski definition) is 3. The van der Waals surface area contributed by atoms with Crippen molar-refractivity contribution < 1.29 is 14.4 Å². The second-order valence-corrected chi connectivity index (χ2v) is 9.45. The van der Waals surface area contributed by atoms with E-state index in [4.69, 9.17) is 11.6 Å². The van der Waals surface area contributed by atoms with Crippen molar-refractivity contribution in [1.82, 2.24) is 4.90 Å². The van der Waals surface area contributed by atoms with Crippen LogP contribution in [0.3, 0.4) is 0 Å². The van der Waals surface area contributed by atoms with Crippen molar-refractivity contribution >= 4 is 35.0 Å². The minimum atomic E-state index is -0.884. The van der Waals surface area contributed by atoms with E-state index in [1.54, 1.807) is 18.2 Å². The summed E-state index contributed by atoms with van der Waals surface area (Å²) in [6, 6.07) is 14.0. The van der Waals surface area contributed by atoms with Gasteiger partial charge in [-0.25, -0.2) is 0 Å². The van der Waals surface area contributed by atoms with Crippen molar-refractivity contribution in [3.8, 4) is 0 Å². The average molecular weight is 437 g/mol. The monoisotopic (exact) mass is 436 g/mol. The highest BCUT2D eigenvalue weighted by Gasteiger charge is 2.62. The number of imide groups is 1. The van der Waals surface area contributed by atoms with Crippen LogP contribution in [0.4, 0.5) is 5.69 Å². The van der Waals surface area contributed by atoms with Crippen LogP contribution in [0.5, 0.6) is 0 Å². The van der Waals surface area contributed by atoms with E-state index in [1.165, 1.54) is 4.90 Å². The second-order valence-electron chi connectivity index (χ2n) is 9.04. The lowest BCUT2D eigenvalue weighted by Gasteiger charge is -2.27. The molecule has 1 N–H and O–H groups in total. The first-order valence-electron chi connectivity index (χ1n) is 10.9. The molecule has 1 saturated heterocycles. The Balaban J connectivity index is 1.47. The molecule has 3 aliphatic rings. The molecule has 1 aliphatic heterocycles. The molecule has 0 unspecified atom stereocenters. The van der Waals surface area contributed by atoms with Crippen LogP contribution >= 0.6 is 11.6 Å². The normalized spacial score (nSPS) is 27.5. The summed E-state index contributed by atoms with van der Waals surface area (Å²) in [5.74, 6) is -0.611. The van der Waals surface area contributed by atoms with Gasteiger partial charge in [0.25, 0.3) is 0 Å². The Labute approximate surface area is 186 Å². The molecule has 0 spiro atoms. The van der Waals surface area contributed by atoms with E-state index in [0.29, 0.717) is 17.1 Å². The van der Waals surface area contributed by atoms with Crippen molar-refractivity contribution in [3.63, 3.8) is 0 Å². The van der Waals surface area contributed by atoms with Crippen molar-refractivity contribution in [2.24, 2.45) is 23.7 Å². The molecule has 0 radical (unpaired) electrons. The molecule has 31 heavy (non-hydrogen) atoms. The highest BCUT2D eigenvalue weighted by Crippen LogP contribution is 2.56. The topological polar surface area (TPSA) is 66.5 Å². The fourth-order valence-corrected chi connectivity index (χ4v) is 6.01. The molecular formula is C25H25ClN2O3. The number of fused-ring (bicyclic) bond motifs is 5. The Kier molecular flexibility index (Phi) is 5.09. The number of likely N-dealkylation sites (tertiary alicyclic amines) is 1. The number of carbonyl (C=O) groups is 3. The van der Waals surface area contributed by atoms with E-state index in [1.807, 2.05) is 37.3 Å². The summed E-state index contributed by atoms with van der Waals surface area (Å²) in [7, 11) is 0. The lowest BCUT2D eigenvalue weighted by atomic mass is 9.81. The van der Waals surface area contributed by atoms with E-state index in [0.717, 1.165) is 30.4 Å². The van der Waals surface area contributed by atoms with Crippen LogP contribution in [-0.4, -0.2) is 28.7 Å². The van der Waals surface area contributed by atoms with Crippen LogP contribution in [0.25, 0.3) is 0 Å². The van der Waals surface area contributed by atoms with Crippen molar-refractivity contribution in [2.45, 2.75) is 38.6 Å². The lowest BCUT2D eigenvalue weighted by molar-refractivity contribution is -0.147. The number of benzene rings is 2. The van der Waals surface area contributed by atoms with Gasteiger partial charge < -0.3 is 5.32 Å². The average Bonchev–Trinajstić information content (AvgIpc) is 3.45. The standard InChI is InChI=1S/C25H25ClN2O3/c1-14-18(26)8-5-9-19(14)27-23(29)20(12-15-6-3-2-4-7-15)28-24(30)21-16-10-11-17(13-16)22(21)25(28)31/h2-9,16-17,20-22H,10-13H2,1H3,(H,27,29)/t16-,17-,20-,21-,22-/m0/s1. The fourth-order valence-electron chi connectivity index (χ4n) is 5.84. The second kappa shape index (κ2) is 7.79. The van der Waals surface area contributed by atoms with Gasteiger partial charge in [-0.2, -0.15) is 0 Å². The van der Waals surface area contributed by atoms with E-state index < -0.39 is 6.04 Å². The minimum absolute atomic E-state index is 0.166. The Morgan fingerprint density at radius 3 is 2.32 bits per heavy atom. The number of anilines is 1. The Morgan fingerprint density at radius 2 is 1.68 bits per heavy atom. The van der Waals surface area contributed by atoms with Crippen LogP contribution < -0.4 is 5.32 Å². The van der Waals surface area contributed by atoms with Crippen LogP contribution in [0.15, 0.2) is 48.5 Å². The van der Waals surface area contributed by atoms with E-state index in [2.05, 4.69) is 5.32 Å². The molecule has 2 bridgehead atoms. The molecule has 2 aliphatic carbocycles. The predicted molar refractivity (Wildman–Crippen MR) is 118 cm³/mol. The van der Waals surface area contributed by atoms with Gasteiger partial charge in [0.05, 0.1) is 11.8 Å². The van der Waals surface area contributed by atoms with Crippen LogP contribution in [0, 0.1) is 30.6 Å². The summed E-state index contributed by atoms with van der Waals surface area (Å²) in [5.41, 5.74) is 2.26. The number of nitrogens with one attached hydrogen (secondary N) is 1. The number of rotatable bonds is 5. The lowest BCUT2D eigenvalue weighted by Crippen LogP contribution is -2.49. The van der Waals surface area contributed by atoms with Crippen LogP contribution in [0.2, 0.25) is 5.02 Å². The summed E-state index contributed by atoms with van der Waals surface area (Å²) in [6.07, 6.45) is 3.28. The zero-order chi connectivity index (χ0) is 21.7. The summed E-state index contributed by atoms with van der Waals surface area (Å²) in [4.78, 5) is 41.5. The molecule has 5 rings (SSSR count). The summed E-state index contributed by atoms with van der Waals surface area (Å²) < 4.78 is 0. The summed E-state index contributed by atoms with van der Waals surface area (Å²) in [5, 5.41) is 3.48. The molecule has 2 aromatic carbocycles. The number of carbonyl (C=O) groups excluding carboxylic acids is 3. The zero-order valence-corrected chi connectivity index (χ0v) is 18.1. The highest BCUT2D eigenvalue weighted by molar-refractivity contribution is 6.31. The molecule has 2 saturated carbocycles.